The molecule has 0 heterocycles. The normalized spacial score (nSPS) is 11.0. The Hall–Kier alpha value is -2.88. The molecule has 0 radical (unpaired) electrons. The maximum atomic E-state index is 12.2. The molecule has 0 aliphatic rings. The zero-order valence-electron chi connectivity index (χ0n) is 13.7. The van der Waals surface area contributed by atoms with Gasteiger partial charge in [0, 0.05) is 12.0 Å². The summed E-state index contributed by atoms with van der Waals surface area (Å²) in [6.07, 6.45) is 0.0741. The molecule has 0 aliphatic heterocycles. The van der Waals surface area contributed by atoms with Crippen molar-refractivity contribution in [3.63, 3.8) is 0 Å². The highest BCUT2D eigenvalue weighted by molar-refractivity contribution is 5.96. The van der Waals surface area contributed by atoms with Gasteiger partial charge in [0.15, 0.2) is 0 Å². The second-order valence-corrected chi connectivity index (χ2v) is 4.81. The molecule has 128 valence electrons. The molecule has 0 saturated heterocycles. The van der Waals surface area contributed by atoms with Crippen LogP contribution in [0.25, 0.3) is 0 Å². The number of carbonyl (C=O) groups is 3. The van der Waals surface area contributed by atoms with E-state index < -0.39 is 23.9 Å². The zero-order chi connectivity index (χ0) is 17.9. The number of amides is 1. The molecular formula is C17H20N2O5. The third-order valence-electron chi connectivity index (χ3n) is 3.10. The van der Waals surface area contributed by atoms with Crippen molar-refractivity contribution in [3.8, 4) is 6.07 Å². The lowest BCUT2D eigenvalue weighted by atomic mass is 10.1. The van der Waals surface area contributed by atoms with Crippen molar-refractivity contribution in [3.05, 3.63) is 35.4 Å². The highest BCUT2D eigenvalue weighted by atomic mass is 16.5. The summed E-state index contributed by atoms with van der Waals surface area (Å²) in [5.41, 5.74) is 0.732. The van der Waals surface area contributed by atoms with Crippen molar-refractivity contribution < 1.29 is 23.9 Å². The Labute approximate surface area is 140 Å². The van der Waals surface area contributed by atoms with Gasteiger partial charge in [-0.25, -0.2) is 4.79 Å². The van der Waals surface area contributed by atoms with E-state index in [0.29, 0.717) is 11.1 Å². The van der Waals surface area contributed by atoms with Gasteiger partial charge in [0.05, 0.1) is 24.8 Å². The van der Waals surface area contributed by atoms with Crippen LogP contribution in [0, 0.1) is 11.3 Å². The molecule has 7 nitrogen and oxygen atoms in total. The molecule has 0 spiro atoms. The van der Waals surface area contributed by atoms with Gasteiger partial charge in [-0.05, 0) is 44.5 Å². The Balaban J connectivity index is 2.75. The first-order valence-corrected chi connectivity index (χ1v) is 7.65. The van der Waals surface area contributed by atoms with E-state index in [1.165, 1.54) is 24.3 Å². The Morgan fingerprint density at radius 3 is 2.29 bits per heavy atom. The van der Waals surface area contributed by atoms with E-state index >= 15 is 0 Å². The first kappa shape index (κ1) is 19.2. The minimum Gasteiger partial charge on any atom is -0.466 e. The number of benzene rings is 1. The molecule has 0 bridgehead atoms. The molecule has 24 heavy (non-hydrogen) atoms. The molecule has 0 saturated carbocycles. The first-order valence-electron chi connectivity index (χ1n) is 7.65. The zero-order valence-corrected chi connectivity index (χ0v) is 13.7. The number of nitrogens with one attached hydrogen (secondary N) is 1. The summed E-state index contributed by atoms with van der Waals surface area (Å²) in [6, 6.07) is 7.00. The molecule has 1 aromatic carbocycles. The van der Waals surface area contributed by atoms with E-state index in [-0.39, 0.29) is 26.1 Å². The third kappa shape index (κ3) is 6.08. The predicted molar refractivity (Wildman–Crippen MR) is 84.9 cm³/mol. The molecule has 0 aliphatic carbocycles. The standard InChI is InChI=1S/C17H20N2O5/c1-3-23-15(20)10-9-14(17(22)24-4-2)19-16(21)13-7-5-12(11-18)6-8-13/h5-8,14H,3-4,9-10H2,1-2H3,(H,19,21)/t14-/m0/s1. The number of hydrogen-bond acceptors (Lipinski definition) is 6. The van der Waals surface area contributed by atoms with E-state index in [1.807, 2.05) is 6.07 Å². The van der Waals surface area contributed by atoms with Gasteiger partial charge in [0.25, 0.3) is 5.91 Å². The first-order chi connectivity index (χ1) is 11.5. The SMILES string of the molecule is CCOC(=O)CC[C@H](NC(=O)c1ccc(C#N)cc1)C(=O)OCC. The predicted octanol–water partition coefficient (Wildman–Crippen LogP) is 1.56. The van der Waals surface area contributed by atoms with E-state index in [9.17, 15) is 14.4 Å². The number of esters is 2. The van der Waals surface area contributed by atoms with Crippen LogP contribution in [0.15, 0.2) is 24.3 Å². The fraction of sp³-hybridized carbons (Fsp3) is 0.412. The second-order valence-electron chi connectivity index (χ2n) is 4.81. The summed E-state index contributed by atoms with van der Waals surface area (Å²) in [5, 5.41) is 11.3. The quantitative estimate of drug-likeness (QED) is 0.724. The number of rotatable bonds is 8. The molecule has 1 amide bonds. The maximum absolute atomic E-state index is 12.2. The second kappa shape index (κ2) is 10.0. The van der Waals surface area contributed by atoms with Gasteiger partial charge in [0.1, 0.15) is 6.04 Å². The van der Waals surface area contributed by atoms with Crippen LogP contribution in [0.1, 0.15) is 42.6 Å². The van der Waals surface area contributed by atoms with Gasteiger partial charge in [0.2, 0.25) is 0 Å². The summed E-state index contributed by atoms with van der Waals surface area (Å²) in [6.45, 7) is 3.76. The lowest BCUT2D eigenvalue weighted by Gasteiger charge is -2.17. The van der Waals surface area contributed by atoms with Gasteiger partial charge in [-0.2, -0.15) is 5.26 Å². The Morgan fingerprint density at radius 1 is 1.12 bits per heavy atom. The topological polar surface area (TPSA) is 105 Å². The lowest BCUT2D eigenvalue weighted by molar-refractivity contribution is -0.146. The van der Waals surface area contributed by atoms with Crippen molar-refractivity contribution in [1.82, 2.24) is 5.32 Å². The minimum atomic E-state index is -0.947. The molecule has 1 atom stereocenters. The van der Waals surface area contributed by atoms with Gasteiger partial charge in [-0.1, -0.05) is 0 Å². The Kier molecular flexibility index (Phi) is 7.99. The molecule has 7 heteroatoms. The number of nitriles is 1. The average molecular weight is 332 g/mol. The lowest BCUT2D eigenvalue weighted by Crippen LogP contribution is -2.42. The fourth-order valence-electron chi connectivity index (χ4n) is 1.92. The number of hydrogen-bond donors (Lipinski definition) is 1. The van der Waals surface area contributed by atoms with Crippen LogP contribution in [-0.2, 0) is 19.1 Å². The smallest absolute Gasteiger partial charge is 0.328 e. The van der Waals surface area contributed by atoms with Crippen molar-refractivity contribution in [2.24, 2.45) is 0 Å². The molecular weight excluding hydrogens is 312 g/mol. The number of nitrogens with zero attached hydrogens (tertiary/aromatic N) is 1. The largest absolute Gasteiger partial charge is 0.466 e. The average Bonchev–Trinajstić information content (AvgIpc) is 2.58. The monoisotopic (exact) mass is 332 g/mol. The Bertz CT molecular complexity index is 619. The van der Waals surface area contributed by atoms with E-state index in [1.54, 1.807) is 13.8 Å². The van der Waals surface area contributed by atoms with Crippen molar-refractivity contribution in [2.45, 2.75) is 32.7 Å². The molecule has 0 unspecified atom stereocenters. The highest BCUT2D eigenvalue weighted by Crippen LogP contribution is 2.07. The van der Waals surface area contributed by atoms with Crippen LogP contribution >= 0.6 is 0 Å². The summed E-state index contributed by atoms with van der Waals surface area (Å²) < 4.78 is 9.73. The molecule has 1 N–H and O–H groups in total. The molecule has 1 aromatic rings. The van der Waals surface area contributed by atoms with Crippen LogP contribution in [0.5, 0.6) is 0 Å². The molecule has 0 fully saturated rings. The van der Waals surface area contributed by atoms with Gasteiger partial charge >= 0.3 is 11.9 Å². The minimum absolute atomic E-state index is 0.00896. The van der Waals surface area contributed by atoms with E-state index in [4.69, 9.17) is 14.7 Å². The Morgan fingerprint density at radius 2 is 1.75 bits per heavy atom. The summed E-state index contributed by atoms with van der Waals surface area (Å²) in [5.74, 6) is -1.54. The summed E-state index contributed by atoms with van der Waals surface area (Å²) in [4.78, 5) is 35.6. The van der Waals surface area contributed by atoms with Crippen LogP contribution in [0.2, 0.25) is 0 Å². The highest BCUT2D eigenvalue weighted by Gasteiger charge is 2.23. The van der Waals surface area contributed by atoms with Crippen LogP contribution in [0.4, 0.5) is 0 Å². The van der Waals surface area contributed by atoms with Crippen LogP contribution in [0.3, 0.4) is 0 Å². The maximum Gasteiger partial charge on any atom is 0.328 e. The van der Waals surface area contributed by atoms with Crippen molar-refractivity contribution in [2.75, 3.05) is 13.2 Å². The van der Waals surface area contributed by atoms with E-state index in [2.05, 4.69) is 5.32 Å². The number of ether oxygens (including phenoxy) is 2. The van der Waals surface area contributed by atoms with Gasteiger partial charge < -0.3 is 14.8 Å². The fourth-order valence-corrected chi connectivity index (χ4v) is 1.92. The third-order valence-corrected chi connectivity index (χ3v) is 3.10. The van der Waals surface area contributed by atoms with Gasteiger partial charge in [-0.3, -0.25) is 9.59 Å². The number of carbonyl (C=O) groups excluding carboxylic acids is 3. The molecule has 1 rings (SSSR count). The van der Waals surface area contributed by atoms with E-state index in [0.717, 1.165) is 0 Å². The van der Waals surface area contributed by atoms with Crippen LogP contribution in [-0.4, -0.2) is 37.1 Å². The van der Waals surface area contributed by atoms with Gasteiger partial charge in [-0.15, -0.1) is 0 Å². The molecule has 0 aromatic heterocycles. The van der Waals surface area contributed by atoms with Crippen molar-refractivity contribution >= 4 is 17.8 Å². The van der Waals surface area contributed by atoms with Crippen LogP contribution < -0.4 is 5.32 Å². The van der Waals surface area contributed by atoms with Crippen molar-refractivity contribution in [1.29, 1.82) is 5.26 Å². The summed E-state index contributed by atoms with van der Waals surface area (Å²) >= 11 is 0. The summed E-state index contributed by atoms with van der Waals surface area (Å²) in [7, 11) is 0.